The van der Waals surface area contributed by atoms with Crippen molar-refractivity contribution < 1.29 is 4.79 Å². The zero-order valence-electron chi connectivity index (χ0n) is 10.7. The second-order valence-corrected chi connectivity index (χ2v) is 4.74. The molecule has 1 aromatic rings. The molecule has 98 valence electrons. The molecule has 3 N–H and O–H groups in total. The molecule has 1 saturated heterocycles. The predicted molar refractivity (Wildman–Crippen MR) is 73.4 cm³/mol. The van der Waals surface area contributed by atoms with Crippen molar-refractivity contribution in [2.45, 2.75) is 32.2 Å². The van der Waals surface area contributed by atoms with E-state index in [1.807, 2.05) is 29.2 Å². The van der Waals surface area contributed by atoms with Gasteiger partial charge in [-0.2, -0.15) is 0 Å². The Kier molecular flexibility index (Phi) is 4.59. The molecule has 0 bridgehead atoms. The minimum absolute atomic E-state index is 0.00562. The van der Waals surface area contributed by atoms with Crippen molar-refractivity contribution in [2.75, 3.05) is 18.4 Å². The molecule has 0 aromatic heterocycles. The van der Waals surface area contributed by atoms with Crippen molar-refractivity contribution in [3.8, 4) is 0 Å². The van der Waals surface area contributed by atoms with Crippen molar-refractivity contribution in [3.63, 3.8) is 0 Å². The second kappa shape index (κ2) is 6.40. The number of urea groups is 1. The summed E-state index contributed by atoms with van der Waals surface area (Å²) >= 11 is 0. The molecule has 1 aromatic carbocycles. The van der Waals surface area contributed by atoms with Crippen molar-refractivity contribution in [3.05, 3.63) is 29.8 Å². The van der Waals surface area contributed by atoms with Gasteiger partial charge in [0.25, 0.3) is 0 Å². The van der Waals surface area contributed by atoms with Crippen molar-refractivity contribution >= 4 is 11.7 Å². The van der Waals surface area contributed by atoms with Gasteiger partial charge in [-0.1, -0.05) is 25.0 Å². The minimum atomic E-state index is 0.00562. The first-order valence-electron chi connectivity index (χ1n) is 6.64. The molecule has 4 heteroatoms. The van der Waals surface area contributed by atoms with Gasteiger partial charge in [-0.3, -0.25) is 0 Å². The molecular formula is C14H21N3O. The zero-order chi connectivity index (χ0) is 12.8. The van der Waals surface area contributed by atoms with E-state index in [1.54, 1.807) is 0 Å². The summed E-state index contributed by atoms with van der Waals surface area (Å²) in [5.41, 5.74) is 7.45. The summed E-state index contributed by atoms with van der Waals surface area (Å²) in [6.45, 7) is 2.22. The van der Waals surface area contributed by atoms with E-state index in [-0.39, 0.29) is 6.03 Å². The number of hydrogen-bond acceptors (Lipinski definition) is 2. The third-order valence-corrected chi connectivity index (χ3v) is 3.31. The largest absolute Gasteiger partial charge is 0.326 e. The van der Waals surface area contributed by atoms with Crippen LogP contribution in [-0.2, 0) is 6.54 Å². The first-order chi connectivity index (χ1) is 8.79. The molecule has 2 rings (SSSR count). The van der Waals surface area contributed by atoms with Crippen LogP contribution in [0.15, 0.2) is 24.3 Å². The lowest BCUT2D eigenvalue weighted by Crippen LogP contribution is -2.35. The highest BCUT2D eigenvalue weighted by atomic mass is 16.2. The Bertz CT molecular complexity index is 398. The first kappa shape index (κ1) is 12.9. The summed E-state index contributed by atoms with van der Waals surface area (Å²) in [7, 11) is 0. The topological polar surface area (TPSA) is 58.4 Å². The van der Waals surface area contributed by atoms with Gasteiger partial charge in [0.1, 0.15) is 0 Å². The number of benzene rings is 1. The van der Waals surface area contributed by atoms with Gasteiger partial charge in [0.15, 0.2) is 0 Å². The fourth-order valence-electron chi connectivity index (χ4n) is 2.25. The molecule has 18 heavy (non-hydrogen) atoms. The van der Waals surface area contributed by atoms with E-state index in [9.17, 15) is 4.79 Å². The molecular weight excluding hydrogens is 226 g/mol. The number of nitrogens with zero attached hydrogens (tertiary/aromatic N) is 1. The molecule has 0 spiro atoms. The number of hydrogen-bond donors (Lipinski definition) is 2. The van der Waals surface area contributed by atoms with Crippen LogP contribution < -0.4 is 11.1 Å². The summed E-state index contributed by atoms with van der Waals surface area (Å²) in [6.07, 6.45) is 4.67. The van der Waals surface area contributed by atoms with Gasteiger partial charge in [-0.25, -0.2) is 4.79 Å². The van der Waals surface area contributed by atoms with Gasteiger partial charge in [-0.15, -0.1) is 0 Å². The van der Waals surface area contributed by atoms with Crippen LogP contribution in [0.25, 0.3) is 0 Å². The smallest absolute Gasteiger partial charge is 0.321 e. The maximum Gasteiger partial charge on any atom is 0.321 e. The average Bonchev–Trinajstić information content (AvgIpc) is 2.68. The highest BCUT2D eigenvalue weighted by Gasteiger charge is 2.15. The summed E-state index contributed by atoms with van der Waals surface area (Å²) in [5.74, 6) is 0. The van der Waals surface area contributed by atoms with Gasteiger partial charge >= 0.3 is 6.03 Å². The Morgan fingerprint density at radius 2 is 1.94 bits per heavy atom. The number of nitrogens with one attached hydrogen (secondary N) is 1. The Morgan fingerprint density at radius 1 is 1.22 bits per heavy atom. The SMILES string of the molecule is NCc1cccc(NC(=O)N2CCCCCC2)c1. The number of amides is 2. The highest BCUT2D eigenvalue weighted by molar-refractivity contribution is 5.89. The number of carbonyl (C=O) groups is 1. The summed E-state index contributed by atoms with van der Waals surface area (Å²) in [4.78, 5) is 14.0. The summed E-state index contributed by atoms with van der Waals surface area (Å²) in [6, 6.07) is 7.71. The molecule has 1 aliphatic rings. The molecule has 0 atom stereocenters. The monoisotopic (exact) mass is 247 g/mol. The van der Waals surface area contributed by atoms with Crippen LogP contribution in [0.3, 0.4) is 0 Å². The van der Waals surface area contributed by atoms with Crippen LogP contribution in [-0.4, -0.2) is 24.0 Å². The quantitative estimate of drug-likeness (QED) is 0.843. The van der Waals surface area contributed by atoms with Crippen molar-refractivity contribution in [1.29, 1.82) is 0 Å². The Balaban J connectivity index is 1.96. The van der Waals surface area contributed by atoms with Crippen LogP contribution in [0.1, 0.15) is 31.2 Å². The van der Waals surface area contributed by atoms with E-state index >= 15 is 0 Å². The van der Waals surface area contributed by atoms with Crippen LogP contribution in [0.4, 0.5) is 10.5 Å². The number of anilines is 1. The van der Waals surface area contributed by atoms with Gasteiger partial charge in [-0.05, 0) is 30.5 Å². The van der Waals surface area contributed by atoms with Crippen LogP contribution in [0.5, 0.6) is 0 Å². The van der Waals surface area contributed by atoms with E-state index in [0.717, 1.165) is 37.2 Å². The maximum absolute atomic E-state index is 12.1. The van der Waals surface area contributed by atoms with E-state index in [4.69, 9.17) is 5.73 Å². The molecule has 4 nitrogen and oxygen atoms in total. The minimum Gasteiger partial charge on any atom is -0.326 e. The Morgan fingerprint density at radius 3 is 2.61 bits per heavy atom. The standard InChI is InChI=1S/C14H21N3O/c15-11-12-6-5-7-13(10-12)16-14(18)17-8-3-1-2-4-9-17/h5-7,10H,1-4,8-9,11,15H2,(H,16,18). The van der Waals surface area contributed by atoms with E-state index in [1.165, 1.54) is 12.8 Å². The highest BCUT2D eigenvalue weighted by Crippen LogP contribution is 2.14. The normalized spacial score (nSPS) is 16.2. The molecule has 0 saturated carbocycles. The van der Waals surface area contributed by atoms with E-state index in [2.05, 4.69) is 5.32 Å². The van der Waals surface area contributed by atoms with Crippen LogP contribution in [0, 0.1) is 0 Å². The zero-order valence-corrected chi connectivity index (χ0v) is 10.7. The summed E-state index contributed by atoms with van der Waals surface area (Å²) in [5, 5.41) is 2.95. The average molecular weight is 247 g/mol. The van der Waals surface area contributed by atoms with Gasteiger partial charge < -0.3 is 16.0 Å². The van der Waals surface area contributed by atoms with Gasteiger partial charge in [0.05, 0.1) is 0 Å². The fraction of sp³-hybridized carbons (Fsp3) is 0.500. The lowest BCUT2D eigenvalue weighted by molar-refractivity contribution is 0.214. The molecule has 1 fully saturated rings. The maximum atomic E-state index is 12.1. The predicted octanol–water partition coefficient (Wildman–Crippen LogP) is 2.55. The summed E-state index contributed by atoms with van der Waals surface area (Å²) < 4.78 is 0. The number of likely N-dealkylation sites (tertiary alicyclic amines) is 1. The Labute approximate surface area is 108 Å². The fourth-order valence-corrected chi connectivity index (χ4v) is 2.25. The van der Waals surface area contributed by atoms with Crippen LogP contribution in [0.2, 0.25) is 0 Å². The second-order valence-electron chi connectivity index (χ2n) is 4.74. The molecule has 0 unspecified atom stereocenters. The van der Waals surface area contributed by atoms with Gasteiger partial charge in [0, 0.05) is 25.3 Å². The lowest BCUT2D eigenvalue weighted by Gasteiger charge is -2.20. The third-order valence-electron chi connectivity index (χ3n) is 3.31. The first-order valence-corrected chi connectivity index (χ1v) is 6.64. The molecule has 1 aliphatic heterocycles. The number of rotatable bonds is 2. The molecule has 0 radical (unpaired) electrons. The van der Waals surface area contributed by atoms with Crippen LogP contribution >= 0.6 is 0 Å². The van der Waals surface area contributed by atoms with Crippen molar-refractivity contribution in [2.24, 2.45) is 5.73 Å². The van der Waals surface area contributed by atoms with Gasteiger partial charge in [0.2, 0.25) is 0 Å². The Hall–Kier alpha value is -1.55. The molecule has 0 aliphatic carbocycles. The number of nitrogens with two attached hydrogens (primary N) is 1. The van der Waals surface area contributed by atoms with E-state index < -0.39 is 0 Å². The number of carbonyl (C=O) groups excluding carboxylic acids is 1. The van der Waals surface area contributed by atoms with Crippen molar-refractivity contribution in [1.82, 2.24) is 4.90 Å². The third kappa shape index (κ3) is 3.47. The molecule has 2 amide bonds. The molecule has 1 heterocycles. The van der Waals surface area contributed by atoms with E-state index in [0.29, 0.717) is 6.54 Å². The lowest BCUT2D eigenvalue weighted by atomic mass is 10.2.